The van der Waals surface area contributed by atoms with Crippen molar-refractivity contribution in [2.45, 2.75) is 37.8 Å². The highest BCUT2D eigenvalue weighted by atomic mass is 16.5. The lowest BCUT2D eigenvalue weighted by atomic mass is 9.83. The van der Waals surface area contributed by atoms with E-state index >= 15 is 0 Å². The van der Waals surface area contributed by atoms with Crippen molar-refractivity contribution < 1.29 is 4.74 Å². The molecule has 1 aromatic heterocycles. The average molecular weight is 207 g/mol. The van der Waals surface area contributed by atoms with Crippen molar-refractivity contribution in [3.8, 4) is 0 Å². The van der Waals surface area contributed by atoms with Gasteiger partial charge < -0.3 is 15.0 Å². The summed E-state index contributed by atoms with van der Waals surface area (Å²) in [6.07, 6.45) is 5.48. The Hall–Kier alpha value is -0.870. The van der Waals surface area contributed by atoms with Gasteiger partial charge >= 0.3 is 0 Å². The van der Waals surface area contributed by atoms with Crippen molar-refractivity contribution in [2.75, 3.05) is 13.2 Å². The van der Waals surface area contributed by atoms with Crippen molar-refractivity contribution >= 4 is 0 Å². The predicted octanol–water partition coefficient (Wildman–Crippen LogP) is 0.950. The van der Waals surface area contributed by atoms with Crippen molar-refractivity contribution in [2.24, 2.45) is 0 Å². The molecule has 3 heterocycles. The van der Waals surface area contributed by atoms with Crippen LogP contribution in [0.5, 0.6) is 0 Å². The van der Waals surface area contributed by atoms with Crippen LogP contribution >= 0.6 is 0 Å². The van der Waals surface area contributed by atoms with Crippen LogP contribution in [0.2, 0.25) is 0 Å². The predicted molar refractivity (Wildman–Crippen MR) is 56.6 cm³/mol. The molecule has 0 amide bonds. The fraction of sp³-hybridized carbons (Fsp3) is 0.727. The molecule has 15 heavy (non-hydrogen) atoms. The molecule has 2 unspecified atom stereocenters. The van der Waals surface area contributed by atoms with Crippen LogP contribution in [-0.2, 0) is 16.7 Å². The van der Waals surface area contributed by atoms with E-state index in [-0.39, 0.29) is 5.54 Å². The molecule has 0 aromatic carbocycles. The van der Waals surface area contributed by atoms with E-state index in [0.717, 1.165) is 32.4 Å². The van der Waals surface area contributed by atoms with Gasteiger partial charge in [0, 0.05) is 18.7 Å². The maximum atomic E-state index is 5.78. The molecular formula is C11H17N3O. The summed E-state index contributed by atoms with van der Waals surface area (Å²) in [5.74, 6) is 0. The number of aromatic amines is 1. The SMILES string of the molecule is CC1CCC2(CO1)NCCc1[nH]cnc12. The Morgan fingerprint density at radius 2 is 2.53 bits per heavy atom. The van der Waals surface area contributed by atoms with Crippen LogP contribution in [0.3, 0.4) is 0 Å². The van der Waals surface area contributed by atoms with Gasteiger partial charge in [0.25, 0.3) is 0 Å². The molecular weight excluding hydrogens is 190 g/mol. The van der Waals surface area contributed by atoms with Crippen molar-refractivity contribution in [3.05, 3.63) is 17.7 Å². The summed E-state index contributed by atoms with van der Waals surface area (Å²) in [6.45, 7) is 3.92. The molecule has 2 atom stereocenters. The summed E-state index contributed by atoms with van der Waals surface area (Å²) in [5, 5.41) is 3.59. The second-order valence-electron chi connectivity index (χ2n) is 4.65. The lowest BCUT2D eigenvalue weighted by Crippen LogP contribution is -2.53. The van der Waals surface area contributed by atoms with Crippen molar-refractivity contribution in [3.63, 3.8) is 0 Å². The minimum atomic E-state index is -0.0138. The van der Waals surface area contributed by atoms with Crippen LogP contribution < -0.4 is 5.32 Å². The van der Waals surface area contributed by atoms with E-state index in [0.29, 0.717) is 6.10 Å². The van der Waals surface area contributed by atoms with Gasteiger partial charge in [0.15, 0.2) is 0 Å². The quantitative estimate of drug-likeness (QED) is 0.666. The summed E-state index contributed by atoms with van der Waals surface area (Å²) < 4.78 is 5.78. The molecule has 0 bridgehead atoms. The van der Waals surface area contributed by atoms with Crippen molar-refractivity contribution in [1.82, 2.24) is 15.3 Å². The molecule has 4 nitrogen and oxygen atoms in total. The van der Waals surface area contributed by atoms with Crippen LogP contribution in [0.1, 0.15) is 31.2 Å². The van der Waals surface area contributed by atoms with Gasteiger partial charge in [-0.3, -0.25) is 0 Å². The van der Waals surface area contributed by atoms with E-state index in [1.165, 1.54) is 11.4 Å². The Bertz CT molecular complexity index is 352. The number of imidazole rings is 1. The second kappa shape index (κ2) is 3.32. The number of hydrogen-bond acceptors (Lipinski definition) is 3. The number of aromatic nitrogens is 2. The Balaban J connectivity index is 1.94. The van der Waals surface area contributed by atoms with Crippen LogP contribution in [-0.4, -0.2) is 29.2 Å². The Morgan fingerprint density at radius 1 is 1.60 bits per heavy atom. The largest absolute Gasteiger partial charge is 0.376 e. The summed E-state index contributed by atoms with van der Waals surface area (Å²) in [5.41, 5.74) is 2.45. The standard InChI is InChI=1S/C11H17N3O/c1-8-2-4-11(6-15-8)10-9(3-5-14-11)12-7-13-10/h7-8,14H,2-6H2,1H3,(H,12,13). The first-order valence-electron chi connectivity index (χ1n) is 5.69. The molecule has 0 radical (unpaired) electrons. The highest BCUT2D eigenvalue weighted by Gasteiger charge is 2.41. The topological polar surface area (TPSA) is 49.9 Å². The number of ether oxygens (including phenoxy) is 1. The minimum absolute atomic E-state index is 0.0138. The Kier molecular flexibility index (Phi) is 2.07. The van der Waals surface area contributed by atoms with Gasteiger partial charge in [0.2, 0.25) is 0 Å². The molecule has 3 rings (SSSR count). The van der Waals surface area contributed by atoms with Crippen LogP contribution in [0.15, 0.2) is 6.33 Å². The van der Waals surface area contributed by atoms with Crippen LogP contribution in [0.25, 0.3) is 0 Å². The maximum Gasteiger partial charge on any atom is 0.0926 e. The van der Waals surface area contributed by atoms with E-state index < -0.39 is 0 Å². The van der Waals surface area contributed by atoms with E-state index in [2.05, 4.69) is 22.2 Å². The molecule has 1 spiro atoms. The number of hydrogen-bond donors (Lipinski definition) is 2. The van der Waals surface area contributed by atoms with Gasteiger partial charge in [-0.1, -0.05) is 0 Å². The summed E-state index contributed by atoms with van der Waals surface area (Å²) >= 11 is 0. The highest BCUT2D eigenvalue weighted by molar-refractivity contribution is 5.26. The minimum Gasteiger partial charge on any atom is -0.376 e. The number of fused-ring (bicyclic) bond motifs is 2. The monoisotopic (exact) mass is 207 g/mol. The second-order valence-corrected chi connectivity index (χ2v) is 4.65. The maximum absolute atomic E-state index is 5.78. The van der Waals surface area contributed by atoms with Gasteiger partial charge in [0.05, 0.1) is 30.3 Å². The van der Waals surface area contributed by atoms with Crippen LogP contribution in [0, 0.1) is 0 Å². The third-order valence-electron chi connectivity index (χ3n) is 3.60. The van der Waals surface area contributed by atoms with E-state index in [9.17, 15) is 0 Å². The summed E-state index contributed by atoms with van der Waals surface area (Å²) in [4.78, 5) is 7.69. The fourth-order valence-electron chi connectivity index (χ4n) is 2.65. The third kappa shape index (κ3) is 1.40. The molecule has 1 aromatic rings. The van der Waals surface area contributed by atoms with Gasteiger partial charge in [-0.15, -0.1) is 0 Å². The zero-order chi connectivity index (χ0) is 10.3. The molecule has 1 fully saturated rings. The van der Waals surface area contributed by atoms with Crippen LogP contribution in [0.4, 0.5) is 0 Å². The third-order valence-corrected chi connectivity index (χ3v) is 3.60. The highest BCUT2D eigenvalue weighted by Crippen LogP contribution is 2.35. The average Bonchev–Trinajstić information content (AvgIpc) is 2.72. The molecule has 1 saturated heterocycles. The smallest absolute Gasteiger partial charge is 0.0926 e. The first-order chi connectivity index (χ1) is 7.30. The molecule has 4 heteroatoms. The Morgan fingerprint density at radius 3 is 3.33 bits per heavy atom. The molecule has 82 valence electrons. The zero-order valence-corrected chi connectivity index (χ0v) is 9.05. The normalized spacial score (nSPS) is 35.4. The fourth-order valence-corrected chi connectivity index (χ4v) is 2.65. The summed E-state index contributed by atoms with van der Waals surface area (Å²) in [7, 11) is 0. The van der Waals surface area contributed by atoms with Gasteiger partial charge in [-0.2, -0.15) is 0 Å². The first kappa shape index (κ1) is 9.36. The molecule has 2 N–H and O–H groups in total. The molecule has 2 aliphatic heterocycles. The molecule has 0 saturated carbocycles. The van der Waals surface area contributed by atoms with E-state index in [1.54, 1.807) is 6.33 Å². The lowest BCUT2D eigenvalue weighted by Gasteiger charge is -2.41. The van der Waals surface area contributed by atoms with Crippen molar-refractivity contribution in [1.29, 1.82) is 0 Å². The number of rotatable bonds is 0. The number of nitrogens with one attached hydrogen (secondary N) is 2. The van der Waals surface area contributed by atoms with E-state index in [4.69, 9.17) is 4.74 Å². The lowest BCUT2D eigenvalue weighted by molar-refractivity contribution is -0.0365. The molecule has 0 aliphatic carbocycles. The van der Waals surface area contributed by atoms with Gasteiger partial charge in [-0.05, 0) is 19.8 Å². The van der Waals surface area contributed by atoms with E-state index in [1.807, 2.05) is 0 Å². The Labute approximate surface area is 89.4 Å². The zero-order valence-electron chi connectivity index (χ0n) is 9.05. The number of nitrogens with zero attached hydrogens (tertiary/aromatic N) is 1. The number of H-pyrrole nitrogens is 1. The first-order valence-corrected chi connectivity index (χ1v) is 5.69. The molecule has 2 aliphatic rings. The summed E-state index contributed by atoms with van der Waals surface area (Å²) in [6, 6.07) is 0. The van der Waals surface area contributed by atoms with Gasteiger partial charge in [-0.25, -0.2) is 4.98 Å². The van der Waals surface area contributed by atoms with Gasteiger partial charge in [0.1, 0.15) is 0 Å².